The van der Waals surface area contributed by atoms with Gasteiger partial charge in [-0.2, -0.15) is 0 Å². The molecule has 0 heterocycles. The van der Waals surface area contributed by atoms with Crippen molar-refractivity contribution in [3.8, 4) is 0 Å². The number of benzene rings is 1. The number of carbonyl (C=O) groups is 1. The number of unbranched alkanes of at least 4 members (excludes halogenated alkanes) is 3. The minimum Gasteiger partial charge on any atom is -0.462 e. The van der Waals surface area contributed by atoms with Gasteiger partial charge in [0.2, 0.25) is 10.0 Å². The van der Waals surface area contributed by atoms with Gasteiger partial charge in [0.15, 0.2) is 0 Å². The van der Waals surface area contributed by atoms with Gasteiger partial charge < -0.3 is 4.74 Å². The molecule has 118 valence electrons. The highest BCUT2D eigenvalue weighted by Crippen LogP contribution is 2.30. The Morgan fingerprint density at radius 3 is 2.57 bits per heavy atom. The zero-order chi connectivity index (χ0) is 16.0. The second-order valence-corrected chi connectivity index (χ2v) is 7.24. The van der Waals surface area contributed by atoms with Crippen molar-refractivity contribution in [2.24, 2.45) is 5.14 Å². The number of esters is 1. The van der Waals surface area contributed by atoms with Crippen molar-refractivity contribution in [3.05, 3.63) is 27.2 Å². The van der Waals surface area contributed by atoms with Crippen molar-refractivity contribution >= 4 is 43.5 Å². The van der Waals surface area contributed by atoms with Gasteiger partial charge in [-0.25, -0.2) is 18.4 Å². The molecule has 0 aliphatic carbocycles. The molecule has 21 heavy (non-hydrogen) atoms. The van der Waals surface area contributed by atoms with Crippen molar-refractivity contribution < 1.29 is 17.9 Å². The molecule has 0 saturated heterocycles. The monoisotopic (exact) mass is 397 g/mol. The Kier molecular flexibility index (Phi) is 7.12. The first-order valence-electron chi connectivity index (χ1n) is 6.46. The maximum Gasteiger partial charge on any atom is 0.338 e. The molecular formula is C13H17BrClNO4S. The number of hydrogen-bond donors (Lipinski definition) is 1. The smallest absolute Gasteiger partial charge is 0.338 e. The first-order chi connectivity index (χ1) is 9.77. The molecule has 0 saturated carbocycles. The summed E-state index contributed by atoms with van der Waals surface area (Å²) in [6.45, 7) is 2.38. The molecule has 0 amide bonds. The Labute approximate surface area is 138 Å². The van der Waals surface area contributed by atoms with Crippen LogP contribution < -0.4 is 5.14 Å². The number of nitrogens with two attached hydrogens (primary N) is 1. The Balaban J connectivity index is 2.84. The second kappa shape index (κ2) is 8.12. The third-order valence-corrected chi connectivity index (χ3v) is 5.35. The maximum atomic E-state index is 11.9. The van der Waals surface area contributed by atoms with Crippen molar-refractivity contribution in [1.29, 1.82) is 0 Å². The van der Waals surface area contributed by atoms with Gasteiger partial charge in [0.25, 0.3) is 0 Å². The molecule has 0 fully saturated rings. The van der Waals surface area contributed by atoms with E-state index in [9.17, 15) is 13.2 Å². The summed E-state index contributed by atoms with van der Waals surface area (Å²) < 4.78 is 28.1. The predicted octanol–water partition coefficient (Wildman–Crippen LogP) is 3.49. The number of carbonyl (C=O) groups excluding carboxylic acids is 1. The summed E-state index contributed by atoms with van der Waals surface area (Å²) in [5.74, 6) is -0.620. The highest BCUT2D eigenvalue weighted by atomic mass is 79.9. The number of ether oxygens (including phenoxy) is 1. The summed E-state index contributed by atoms with van der Waals surface area (Å²) in [7, 11) is -3.98. The number of sulfonamides is 1. The number of halogens is 2. The van der Waals surface area contributed by atoms with Crippen LogP contribution in [0.5, 0.6) is 0 Å². The van der Waals surface area contributed by atoms with Crippen molar-refractivity contribution in [2.45, 2.75) is 37.5 Å². The van der Waals surface area contributed by atoms with Gasteiger partial charge in [0, 0.05) is 0 Å². The molecular weight excluding hydrogens is 382 g/mol. The molecule has 1 aromatic carbocycles. The maximum absolute atomic E-state index is 11.9. The fourth-order valence-corrected chi connectivity index (χ4v) is 3.50. The standard InChI is InChI=1S/C13H17BrClNO4S/c1-2-3-4-5-6-20-13(17)9-7-10(15)12(14)11(8-9)21(16,18)19/h7-8H,2-6H2,1H3,(H2,16,18,19). The third-order valence-electron chi connectivity index (χ3n) is 2.77. The summed E-state index contributed by atoms with van der Waals surface area (Å²) in [4.78, 5) is 11.6. The minimum absolute atomic E-state index is 0.0581. The van der Waals surface area contributed by atoms with Crippen LogP contribution in [0.4, 0.5) is 0 Å². The Morgan fingerprint density at radius 2 is 2.00 bits per heavy atom. The van der Waals surface area contributed by atoms with Crippen LogP contribution in [0.25, 0.3) is 0 Å². The van der Waals surface area contributed by atoms with Crippen LogP contribution in [0.15, 0.2) is 21.5 Å². The van der Waals surface area contributed by atoms with E-state index >= 15 is 0 Å². The highest BCUT2D eigenvalue weighted by molar-refractivity contribution is 9.10. The lowest BCUT2D eigenvalue weighted by Gasteiger charge is -2.09. The van der Waals surface area contributed by atoms with Crippen LogP contribution in [0, 0.1) is 0 Å². The summed E-state index contributed by atoms with van der Waals surface area (Å²) in [6, 6.07) is 2.49. The second-order valence-electron chi connectivity index (χ2n) is 4.51. The zero-order valence-corrected chi connectivity index (χ0v) is 14.7. The molecule has 0 atom stereocenters. The largest absolute Gasteiger partial charge is 0.462 e. The fraction of sp³-hybridized carbons (Fsp3) is 0.462. The van der Waals surface area contributed by atoms with E-state index < -0.39 is 16.0 Å². The SMILES string of the molecule is CCCCCCOC(=O)c1cc(Cl)c(Br)c(S(N)(=O)=O)c1. The number of rotatable bonds is 7. The summed E-state index contributed by atoms with van der Waals surface area (Å²) in [5, 5.41) is 5.16. The summed E-state index contributed by atoms with van der Waals surface area (Å²) >= 11 is 8.93. The zero-order valence-electron chi connectivity index (χ0n) is 11.6. The molecule has 8 heteroatoms. The summed E-state index contributed by atoms with van der Waals surface area (Å²) in [5.41, 5.74) is 0.0581. The van der Waals surface area contributed by atoms with Gasteiger partial charge in [-0.15, -0.1) is 0 Å². The fourth-order valence-electron chi connectivity index (χ4n) is 1.67. The summed E-state index contributed by atoms with van der Waals surface area (Å²) in [6.07, 6.45) is 3.92. The molecule has 0 bridgehead atoms. The van der Waals surface area contributed by atoms with E-state index in [0.717, 1.165) is 31.7 Å². The molecule has 0 radical (unpaired) electrons. The lowest BCUT2D eigenvalue weighted by Crippen LogP contribution is -2.15. The van der Waals surface area contributed by atoms with Crippen LogP contribution in [-0.2, 0) is 14.8 Å². The average Bonchev–Trinajstić information content (AvgIpc) is 2.39. The van der Waals surface area contributed by atoms with E-state index in [-0.39, 0.29) is 26.6 Å². The quantitative estimate of drug-likeness (QED) is 0.562. The molecule has 1 aromatic rings. The first-order valence-corrected chi connectivity index (χ1v) is 9.18. The molecule has 0 aromatic heterocycles. The molecule has 0 spiro atoms. The number of primary sulfonamides is 1. The van der Waals surface area contributed by atoms with Crippen LogP contribution in [0.3, 0.4) is 0 Å². The van der Waals surface area contributed by atoms with Crippen LogP contribution in [0.2, 0.25) is 5.02 Å². The van der Waals surface area contributed by atoms with Gasteiger partial charge in [0.05, 0.1) is 26.6 Å². The Hall–Kier alpha value is -0.630. The lowest BCUT2D eigenvalue weighted by molar-refractivity contribution is 0.0497. The van der Waals surface area contributed by atoms with Crippen molar-refractivity contribution in [3.63, 3.8) is 0 Å². The third kappa shape index (κ3) is 5.58. The van der Waals surface area contributed by atoms with Crippen molar-refractivity contribution in [1.82, 2.24) is 0 Å². The molecule has 2 N–H and O–H groups in total. The molecule has 0 aliphatic rings. The van der Waals surface area contributed by atoms with E-state index in [1.54, 1.807) is 0 Å². The minimum atomic E-state index is -3.98. The highest BCUT2D eigenvalue weighted by Gasteiger charge is 2.19. The van der Waals surface area contributed by atoms with Crippen LogP contribution in [0.1, 0.15) is 43.0 Å². The van der Waals surface area contributed by atoms with Gasteiger partial charge >= 0.3 is 5.97 Å². The normalized spacial score (nSPS) is 11.4. The van der Waals surface area contributed by atoms with E-state index in [2.05, 4.69) is 22.9 Å². The van der Waals surface area contributed by atoms with E-state index in [0.29, 0.717) is 0 Å². The van der Waals surface area contributed by atoms with Gasteiger partial charge in [-0.05, 0) is 34.5 Å². The van der Waals surface area contributed by atoms with Gasteiger partial charge in [-0.1, -0.05) is 37.8 Å². The molecule has 5 nitrogen and oxygen atoms in total. The van der Waals surface area contributed by atoms with Crippen LogP contribution in [-0.4, -0.2) is 21.0 Å². The lowest BCUT2D eigenvalue weighted by atomic mass is 10.2. The predicted molar refractivity (Wildman–Crippen MR) is 84.9 cm³/mol. The van der Waals surface area contributed by atoms with Gasteiger partial charge in [-0.3, -0.25) is 0 Å². The number of hydrogen-bond acceptors (Lipinski definition) is 4. The van der Waals surface area contributed by atoms with E-state index in [4.69, 9.17) is 21.5 Å². The van der Waals surface area contributed by atoms with E-state index in [1.807, 2.05) is 0 Å². The topological polar surface area (TPSA) is 86.5 Å². The van der Waals surface area contributed by atoms with Crippen molar-refractivity contribution in [2.75, 3.05) is 6.61 Å². The molecule has 0 unspecified atom stereocenters. The van der Waals surface area contributed by atoms with Crippen LogP contribution >= 0.6 is 27.5 Å². The molecule has 0 aliphatic heterocycles. The Bertz CT molecular complexity index is 619. The van der Waals surface area contributed by atoms with Gasteiger partial charge in [0.1, 0.15) is 0 Å². The average molecular weight is 399 g/mol. The first kappa shape index (κ1) is 18.4. The van der Waals surface area contributed by atoms with E-state index in [1.165, 1.54) is 6.07 Å². The molecule has 1 rings (SSSR count). The Morgan fingerprint density at radius 1 is 1.33 bits per heavy atom.